The third-order valence-corrected chi connectivity index (χ3v) is 5.32. The second-order valence-electron chi connectivity index (χ2n) is 7.12. The zero-order chi connectivity index (χ0) is 17.1. The maximum absolute atomic E-state index is 10.6. The molecule has 0 fully saturated rings. The first kappa shape index (κ1) is 16.3. The van der Waals surface area contributed by atoms with Gasteiger partial charge >= 0.3 is 0 Å². The molecule has 2 heterocycles. The second kappa shape index (κ2) is 5.25. The van der Waals surface area contributed by atoms with Crippen LogP contribution < -0.4 is 5.32 Å². The molecule has 0 aliphatic carbocycles. The predicted octanol–water partition coefficient (Wildman–Crippen LogP) is 4.59. The standard InChI is InChI=1S/C18H23ClN2O2/c1-8-7-12(14-10(3)21-23-11(14)4)15(19)13-9(2)17(22)18(5,6)20-16(8)13/h7,9,17,20,22H,1-6H3/t9-,17+/m1/s1. The molecule has 1 aromatic carbocycles. The smallest absolute Gasteiger partial charge is 0.141 e. The average molecular weight is 335 g/mol. The lowest BCUT2D eigenvalue weighted by atomic mass is 9.77. The van der Waals surface area contributed by atoms with Crippen LogP contribution in [0.25, 0.3) is 11.1 Å². The Morgan fingerprint density at radius 2 is 1.96 bits per heavy atom. The van der Waals surface area contributed by atoms with Crippen LogP contribution in [0, 0.1) is 20.8 Å². The van der Waals surface area contributed by atoms with Crippen molar-refractivity contribution >= 4 is 17.3 Å². The van der Waals surface area contributed by atoms with Crippen molar-refractivity contribution in [1.82, 2.24) is 5.16 Å². The minimum Gasteiger partial charge on any atom is -0.390 e. The van der Waals surface area contributed by atoms with Crippen molar-refractivity contribution in [2.75, 3.05) is 5.32 Å². The number of halogens is 1. The fourth-order valence-electron chi connectivity index (χ4n) is 3.64. The summed E-state index contributed by atoms with van der Waals surface area (Å²) in [6.07, 6.45) is -0.521. The molecule has 0 radical (unpaired) electrons. The van der Waals surface area contributed by atoms with Gasteiger partial charge in [-0.25, -0.2) is 0 Å². The summed E-state index contributed by atoms with van der Waals surface area (Å²) in [4.78, 5) is 0. The predicted molar refractivity (Wildman–Crippen MR) is 93.3 cm³/mol. The minimum absolute atomic E-state index is 0.0622. The van der Waals surface area contributed by atoms with E-state index in [9.17, 15) is 5.11 Å². The van der Waals surface area contributed by atoms with Gasteiger partial charge in [0.25, 0.3) is 0 Å². The van der Waals surface area contributed by atoms with Crippen LogP contribution in [0.5, 0.6) is 0 Å². The molecular weight excluding hydrogens is 312 g/mol. The van der Waals surface area contributed by atoms with E-state index in [1.807, 2.05) is 34.6 Å². The summed E-state index contributed by atoms with van der Waals surface area (Å²) in [5.41, 5.74) is 5.37. The number of aliphatic hydroxyl groups excluding tert-OH is 1. The van der Waals surface area contributed by atoms with E-state index in [0.29, 0.717) is 5.02 Å². The van der Waals surface area contributed by atoms with Crippen molar-refractivity contribution in [2.24, 2.45) is 0 Å². The summed E-state index contributed by atoms with van der Waals surface area (Å²) in [6.45, 7) is 11.9. The maximum Gasteiger partial charge on any atom is 0.141 e. The summed E-state index contributed by atoms with van der Waals surface area (Å²) in [6, 6.07) is 2.07. The lowest BCUT2D eigenvalue weighted by Crippen LogP contribution is -2.50. The van der Waals surface area contributed by atoms with E-state index in [-0.39, 0.29) is 5.92 Å². The van der Waals surface area contributed by atoms with Gasteiger partial charge in [0, 0.05) is 28.3 Å². The van der Waals surface area contributed by atoms with Crippen molar-refractivity contribution < 1.29 is 9.63 Å². The number of benzene rings is 1. The topological polar surface area (TPSA) is 58.3 Å². The van der Waals surface area contributed by atoms with Crippen molar-refractivity contribution in [3.8, 4) is 11.1 Å². The van der Waals surface area contributed by atoms with Crippen molar-refractivity contribution in [3.63, 3.8) is 0 Å². The van der Waals surface area contributed by atoms with Crippen LogP contribution in [0.3, 0.4) is 0 Å². The lowest BCUT2D eigenvalue weighted by molar-refractivity contribution is 0.0869. The molecule has 0 saturated carbocycles. The van der Waals surface area contributed by atoms with Crippen LogP contribution in [0.1, 0.15) is 49.3 Å². The van der Waals surface area contributed by atoms with Crippen LogP contribution in [0.2, 0.25) is 5.02 Å². The van der Waals surface area contributed by atoms with Gasteiger partial charge < -0.3 is 14.9 Å². The molecule has 1 aliphatic rings. The van der Waals surface area contributed by atoms with Gasteiger partial charge in [0.05, 0.1) is 22.4 Å². The summed E-state index contributed by atoms with van der Waals surface area (Å²) < 4.78 is 5.30. The first-order valence-corrected chi connectivity index (χ1v) is 8.25. The SMILES string of the molecule is Cc1cc(-c2c(C)noc2C)c(Cl)c2c1NC(C)(C)[C@@H](O)[C@@H]2C. The Balaban J connectivity index is 2.28. The fourth-order valence-corrected chi connectivity index (χ4v) is 4.06. The summed E-state index contributed by atoms with van der Waals surface area (Å²) >= 11 is 6.77. The third-order valence-electron chi connectivity index (χ3n) is 4.92. The highest BCUT2D eigenvalue weighted by atomic mass is 35.5. The molecule has 0 bridgehead atoms. The maximum atomic E-state index is 10.6. The highest BCUT2D eigenvalue weighted by Crippen LogP contribution is 2.48. The van der Waals surface area contributed by atoms with Gasteiger partial charge in [0.1, 0.15) is 5.76 Å². The Hall–Kier alpha value is -1.52. The van der Waals surface area contributed by atoms with Crippen molar-refractivity contribution in [1.29, 1.82) is 0 Å². The molecule has 3 rings (SSSR count). The monoisotopic (exact) mass is 334 g/mol. The highest BCUT2D eigenvalue weighted by Gasteiger charge is 2.41. The van der Waals surface area contributed by atoms with Crippen LogP contribution in [0.4, 0.5) is 5.69 Å². The van der Waals surface area contributed by atoms with Crippen LogP contribution in [-0.4, -0.2) is 21.9 Å². The number of hydrogen-bond acceptors (Lipinski definition) is 4. The number of aryl methyl sites for hydroxylation is 3. The third kappa shape index (κ3) is 2.36. The van der Waals surface area contributed by atoms with E-state index in [0.717, 1.165) is 39.4 Å². The number of aromatic nitrogens is 1. The second-order valence-corrected chi connectivity index (χ2v) is 7.50. The van der Waals surface area contributed by atoms with E-state index in [2.05, 4.69) is 23.5 Å². The molecule has 0 amide bonds. The molecule has 2 N–H and O–H groups in total. The number of anilines is 1. The molecule has 23 heavy (non-hydrogen) atoms. The zero-order valence-corrected chi connectivity index (χ0v) is 15.2. The molecule has 124 valence electrons. The van der Waals surface area contributed by atoms with Crippen LogP contribution in [0.15, 0.2) is 10.6 Å². The Morgan fingerprint density at radius 3 is 2.52 bits per heavy atom. The summed E-state index contributed by atoms with van der Waals surface area (Å²) in [5, 5.41) is 18.8. The quantitative estimate of drug-likeness (QED) is 0.800. The Labute approximate surface area is 141 Å². The fraction of sp³-hybridized carbons (Fsp3) is 0.500. The van der Waals surface area contributed by atoms with Crippen molar-refractivity contribution in [3.05, 3.63) is 33.7 Å². The van der Waals surface area contributed by atoms with Crippen LogP contribution in [-0.2, 0) is 0 Å². The lowest BCUT2D eigenvalue weighted by Gasteiger charge is -2.43. The van der Waals surface area contributed by atoms with Gasteiger partial charge in [-0.15, -0.1) is 0 Å². The van der Waals surface area contributed by atoms with Gasteiger partial charge in [-0.1, -0.05) is 23.7 Å². The molecule has 0 unspecified atom stereocenters. The van der Waals surface area contributed by atoms with E-state index in [1.165, 1.54) is 0 Å². The van der Waals surface area contributed by atoms with Gasteiger partial charge in [-0.2, -0.15) is 0 Å². The Morgan fingerprint density at radius 1 is 1.30 bits per heavy atom. The summed E-state index contributed by atoms with van der Waals surface area (Å²) in [7, 11) is 0. The van der Waals surface area contributed by atoms with Gasteiger partial charge in [0.15, 0.2) is 0 Å². The number of hydrogen-bond donors (Lipinski definition) is 2. The van der Waals surface area contributed by atoms with E-state index in [4.69, 9.17) is 16.1 Å². The van der Waals surface area contributed by atoms with Gasteiger partial charge in [0.2, 0.25) is 0 Å². The molecule has 0 saturated heterocycles. The van der Waals surface area contributed by atoms with Crippen molar-refractivity contribution in [2.45, 2.75) is 59.1 Å². The molecule has 1 aliphatic heterocycles. The number of nitrogens with one attached hydrogen (secondary N) is 1. The van der Waals surface area contributed by atoms with E-state index in [1.54, 1.807) is 0 Å². The molecule has 0 spiro atoms. The molecule has 2 atom stereocenters. The minimum atomic E-state index is -0.521. The molecule has 1 aromatic heterocycles. The number of rotatable bonds is 1. The van der Waals surface area contributed by atoms with E-state index >= 15 is 0 Å². The number of aliphatic hydroxyl groups is 1. The largest absolute Gasteiger partial charge is 0.390 e. The zero-order valence-electron chi connectivity index (χ0n) is 14.4. The Kier molecular flexibility index (Phi) is 3.73. The average Bonchev–Trinajstić information content (AvgIpc) is 2.79. The molecule has 5 heteroatoms. The molecule has 4 nitrogen and oxygen atoms in total. The summed E-state index contributed by atoms with van der Waals surface area (Å²) in [5.74, 6) is 0.689. The van der Waals surface area contributed by atoms with Gasteiger partial charge in [-0.3, -0.25) is 0 Å². The first-order chi connectivity index (χ1) is 10.6. The number of fused-ring (bicyclic) bond motifs is 1. The Bertz CT molecular complexity index is 760. The van der Waals surface area contributed by atoms with Gasteiger partial charge in [-0.05, 0) is 46.2 Å². The van der Waals surface area contributed by atoms with Crippen LogP contribution >= 0.6 is 11.6 Å². The van der Waals surface area contributed by atoms with E-state index < -0.39 is 11.6 Å². The molecular formula is C18H23ClN2O2. The number of nitrogens with zero attached hydrogens (tertiary/aromatic N) is 1. The highest BCUT2D eigenvalue weighted by molar-refractivity contribution is 6.34. The molecule has 2 aromatic rings. The first-order valence-electron chi connectivity index (χ1n) is 7.87. The normalized spacial score (nSPS) is 22.6.